The van der Waals surface area contributed by atoms with E-state index in [1.165, 1.54) is 12.7 Å². The molecule has 0 bridgehead atoms. The maximum Gasteiger partial charge on any atom is 0.257 e. The first-order valence-corrected chi connectivity index (χ1v) is 9.62. The lowest BCUT2D eigenvalue weighted by Gasteiger charge is -2.40. The maximum absolute atomic E-state index is 12.6. The molecule has 1 fully saturated rings. The van der Waals surface area contributed by atoms with Crippen LogP contribution < -0.4 is 5.32 Å². The number of phenols is 1. The van der Waals surface area contributed by atoms with Crippen LogP contribution in [0, 0.1) is 5.92 Å². The topological polar surface area (TPSA) is 78.8 Å². The van der Waals surface area contributed by atoms with Gasteiger partial charge in [0.25, 0.3) is 5.91 Å². The molecule has 2 aromatic carbocycles. The van der Waals surface area contributed by atoms with Gasteiger partial charge in [-0.25, -0.2) is 0 Å². The SMILES string of the molecule is COC1C(=O)Nc2ccc(C=C3CCC(C)C3)c(O)c2C1(O)c1ccccc1. The molecule has 0 aromatic heterocycles. The Bertz CT molecular complexity index is 937. The molecule has 4 rings (SSSR count). The van der Waals surface area contributed by atoms with Crippen LogP contribution in [0.3, 0.4) is 0 Å². The fraction of sp³-hybridized carbons (Fsp3) is 0.348. The lowest BCUT2D eigenvalue weighted by molar-refractivity contribution is -0.142. The monoisotopic (exact) mass is 379 g/mol. The van der Waals surface area contributed by atoms with Crippen LogP contribution in [-0.2, 0) is 15.1 Å². The van der Waals surface area contributed by atoms with Crippen molar-refractivity contribution in [1.82, 2.24) is 0 Å². The van der Waals surface area contributed by atoms with Gasteiger partial charge in [-0.3, -0.25) is 4.79 Å². The molecule has 0 spiro atoms. The van der Waals surface area contributed by atoms with E-state index in [0.29, 0.717) is 22.7 Å². The first-order chi connectivity index (χ1) is 13.4. The molecule has 0 radical (unpaired) electrons. The quantitative estimate of drug-likeness (QED) is 0.758. The van der Waals surface area contributed by atoms with Gasteiger partial charge in [0.15, 0.2) is 11.7 Å². The molecule has 3 N–H and O–H groups in total. The molecule has 3 unspecified atom stereocenters. The fourth-order valence-corrected chi connectivity index (χ4v) is 4.43. The minimum absolute atomic E-state index is 0.0297. The van der Waals surface area contributed by atoms with Crippen molar-refractivity contribution in [2.24, 2.45) is 5.92 Å². The Balaban J connectivity index is 1.91. The Morgan fingerprint density at radius 3 is 2.61 bits per heavy atom. The lowest BCUT2D eigenvalue weighted by atomic mass is 9.76. The molecule has 2 aliphatic rings. The highest BCUT2D eigenvalue weighted by molar-refractivity contribution is 6.00. The number of hydrogen-bond donors (Lipinski definition) is 3. The van der Waals surface area contributed by atoms with Gasteiger partial charge >= 0.3 is 0 Å². The first-order valence-electron chi connectivity index (χ1n) is 9.62. The molecular formula is C23H25NO4. The summed E-state index contributed by atoms with van der Waals surface area (Å²) in [7, 11) is 1.38. The van der Waals surface area contributed by atoms with Crippen molar-refractivity contribution in [1.29, 1.82) is 0 Å². The number of aromatic hydroxyl groups is 1. The Labute approximate surface area is 164 Å². The number of nitrogens with one attached hydrogen (secondary N) is 1. The highest BCUT2D eigenvalue weighted by Crippen LogP contribution is 2.48. The number of aliphatic hydroxyl groups is 1. The van der Waals surface area contributed by atoms with Crippen LogP contribution >= 0.6 is 0 Å². The Morgan fingerprint density at radius 2 is 1.96 bits per heavy atom. The van der Waals surface area contributed by atoms with Crippen LogP contribution in [0.15, 0.2) is 48.0 Å². The van der Waals surface area contributed by atoms with Gasteiger partial charge in [0, 0.05) is 12.7 Å². The van der Waals surface area contributed by atoms with Gasteiger partial charge in [0.1, 0.15) is 5.75 Å². The van der Waals surface area contributed by atoms with E-state index in [0.717, 1.165) is 19.3 Å². The molecule has 2 aromatic rings. The zero-order chi connectivity index (χ0) is 19.9. The average Bonchev–Trinajstić information content (AvgIpc) is 3.09. The first kappa shape index (κ1) is 18.7. The van der Waals surface area contributed by atoms with Crippen LogP contribution in [0.5, 0.6) is 5.75 Å². The summed E-state index contributed by atoms with van der Waals surface area (Å²) in [5, 5.41) is 25.7. The number of methoxy groups -OCH3 is 1. The van der Waals surface area contributed by atoms with E-state index >= 15 is 0 Å². The van der Waals surface area contributed by atoms with Gasteiger partial charge in [-0.15, -0.1) is 0 Å². The number of carbonyl (C=O) groups excluding carboxylic acids is 1. The van der Waals surface area contributed by atoms with Crippen molar-refractivity contribution in [3.8, 4) is 5.75 Å². The summed E-state index contributed by atoms with van der Waals surface area (Å²) in [6.45, 7) is 2.22. The highest BCUT2D eigenvalue weighted by atomic mass is 16.5. The summed E-state index contributed by atoms with van der Waals surface area (Å²) in [6, 6.07) is 12.4. The Hall–Kier alpha value is -2.63. The van der Waals surface area contributed by atoms with Crippen LogP contribution in [0.25, 0.3) is 6.08 Å². The molecule has 1 aliphatic heterocycles. The van der Waals surface area contributed by atoms with E-state index in [4.69, 9.17) is 4.74 Å². The number of ether oxygens (including phenoxy) is 1. The van der Waals surface area contributed by atoms with Crippen LogP contribution in [0.2, 0.25) is 0 Å². The van der Waals surface area contributed by atoms with Crippen molar-refractivity contribution >= 4 is 17.7 Å². The third kappa shape index (κ3) is 2.91. The third-order valence-electron chi connectivity index (χ3n) is 5.84. The molecule has 1 aliphatic carbocycles. The maximum atomic E-state index is 12.6. The van der Waals surface area contributed by atoms with Gasteiger partial charge < -0.3 is 20.3 Å². The van der Waals surface area contributed by atoms with E-state index in [1.54, 1.807) is 36.4 Å². The molecule has 28 heavy (non-hydrogen) atoms. The number of phenolic OH excluding ortho intramolecular Hbond substituents is 1. The largest absolute Gasteiger partial charge is 0.507 e. The zero-order valence-corrected chi connectivity index (χ0v) is 16.1. The van der Waals surface area contributed by atoms with Crippen molar-refractivity contribution < 1.29 is 19.7 Å². The molecule has 1 saturated carbocycles. The molecule has 5 nitrogen and oxygen atoms in total. The van der Waals surface area contributed by atoms with E-state index in [1.807, 2.05) is 12.1 Å². The van der Waals surface area contributed by atoms with Gasteiger partial charge in [-0.2, -0.15) is 0 Å². The summed E-state index contributed by atoms with van der Waals surface area (Å²) in [5.41, 5.74) is 1.29. The van der Waals surface area contributed by atoms with Gasteiger partial charge in [0.2, 0.25) is 0 Å². The summed E-state index contributed by atoms with van der Waals surface area (Å²) in [5.74, 6) is 0.166. The Kier molecular flexibility index (Phi) is 4.73. The van der Waals surface area contributed by atoms with Crippen LogP contribution in [0.4, 0.5) is 5.69 Å². The van der Waals surface area contributed by atoms with Crippen molar-refractivity contribution in [2.75, 3.05) is 12.4 Å². The standard InChI is InChI=1S/C23H25NO4/c1-14-8-9-15(12-14)13-16-10-11-18-19(20(16)25)23(27,17-6-4-3-5-7-17)21(28-2)22(26)24-18/h3-7,10-11,13-14,21,25,27H,8-9,12H2,1-2H3,(H,24,26). The van der Waals surface area contributed by atoms with E-state index in [-0.39, 0.29) is 11.3 Å². The summed E-state index contributed by atoms with van der Waals surface area (Å²) >= 11 is 0. The Morgan fingerprint density at radius 1 is 1.21 bits per heavy atom. The molecule has 3 atom stereocenters. The average molecular weight is 379 g/mol. The number of fused-ring (bicyclic) bond motifs is 1. The molecule has 5 heteroatoms. The number of allylic oxidation sites excluding steroid dienone is 1. The number of rotatable bonds is 3. The number of hydrogen-bond acceptors (Lipinski definition) is 4. The van der Waals surface area contributed by atoms with Gasteiger partial charge in [-0.05, 0) is 42.9 Å². The minimum atomic E-state index is -1.80. The zero-order valence-electron chi connectivity index (χ0n) is 16.1. The second-order valence-corrected chi connectivity index (χ2v) is 7.81. The fourth-order valence-electron chi connectivity index (χ4n) is 4.43. The lowest BCUT2D eigenvalue weighted by Crippen LogP contribution is -2.52. The number of carbonyl (C=O) groups is 1. The molecule has 1 heterocycles. The predicted molar refractivity (Wildman–Crippen MR) is 108 cm³/mol. The highest BCUT2D eigenvalue weighted by Gasteiger charge is 2.51. The van der Waals surface area contributed by atoms with E-state index in [9.17, 15) is 15.0 Å². The van der Waals surface area contributed by atoms with E-state index < -0.39 is 17.6 Å². The molecule has 146 valence electrons. The van der Waals surface area contributed by atoms with Gasteiger partial charge in [-0.1, -0.05) is 48.9 Å². The smallest absolute Gasteiger partial charge is 0.257 e. The van der Waals surface area contributed by atoms with Crippen LogP contribution in [0.1, 0.15) is 42.9 Å². The van der Waals surface area contributed by atoms with E-state index in [2.05, 4.69) is 12.2 Å². The van der Waals surface area contributed by atoms with Crippen LogP contribution in [-0.4, -0.2) is 29.3 Å². The van der Waals surface area contributed by atoms with Crippen molar-refractivity contribution in [3.63, 3.8) is 0 Å². The third-order valence-corrected chi connectivity index (χ3v) is 5.84. The van der Waals surface area contributed by atoms with Crippen molar-refractivity contribution in [2.45, 2.75) is 37.9 Å². The minimum Gasteiger partial charge on any atom is -0.507 e. The normalized spacial score (nSPS) is 28.2. The summed E-state index contributed by atoms with van der Waals surface area (Å²) in [6.07, 6.45) is 3.99. The molecular weight excluding hydrogens is 354 g/mol. The van der Waals surface area contributed by atoms with Gasteiger partial charge in [0.05, 0.1) is 11.3 Å². The second-order valence-electron chi connectivity index (χ2n) is 7.81. The summed E-state index contributed by atoms with van der Waals surface area (Å²) in [4.78, 5) is 12.6. The number of amides is 1. The summed E-state index contributed by atoms with van der Waals surface area (Å²) < 4.78 is 5.38. The predicted octanol–water partition coefficient (Wildman–Crippen LogP) is 3.80. The number of anilines is 1. The molecule has 1 amide bonds. The van der Waals surface area contributed by atoms with Crippen molar-refractivity contribution in [3.05, 3.63) is 64.7 Å². The second kappa shape index (κ2) is 7.08. The molecule has 0 saturated heterocycles. The number of benzene rings is 2.